The standard InChI is InChI=1S/C19H20F3N5O2/c20-19(21,22)12-1-4-17(24-11-12)26-9-6-13(7-10-26)25-18-14-5-8-23-15(14)2-3-16(18)27(28)29/h1-4,11,13,23,25H,5-10H2. The van der Waals surface area contributed by atoms with Crippen molar-refractivity contribution in [2.75, 3.05) is 35.2 Å². The number of benzene rings is 1. The lowest BCUT2D eigenvalue weighted by Crippen LogP contribution is -2.39. The molecular weight excluding hydrogens is 387 g/mol. The number of nitrogens with zero attached hydrogens (tertiary/aromatic N) is 3. The second-order valence-corrected chi connectivity index (χ2v) is 7.23. The molecule has 2 aliphatic heterocycles. The lowest BCUT2D eigenvalue weighted by atomic mass is 10.0. The number of pyridine rings is 1. The van der Waals surface area contributed by atoms with Gasteiger partial charge in [-0.25, -0.2) is 4.98 Å². The molecule has 0 aliphatic carbocycles. The van der Waals surface area contributed by atoms with Gasteiger partial charge in [0.15, 0.2) is 0 Å². The molecule has 4 rings (SSSR count). The molecule has 29 heavy (non-hydrogen) atoms. The van der Waals surface area contributed by atoms with Crippen molar-refractivity contribution in [2.24, 2.45) is 0 Å². The van der Waals surface area contributed by atoms with Crippen LogP contribution in [0.15, 0.2) is 30.5 Å². The Balaban J connectivity index is 1.44. The molecule has 1 saturated heterocycles. The van der Waals surface area contributed by atoms with Gasteiger partial charge in [0, 0.05) is 49.2 Å². The number of hydrogen-bond acceptors (Lipinski definition) is 6. The molecule has 0 spiro atoms. The highest BCUT2D eigenvalue weighted by Gasteiger charge is 2.31. The minimum Gasteiger partial charge on any atom is -0.384 e. The predicted molar refractivity (Wildman–Crippen MR) is 103 cm³/mol. The van der Waals surface area contributed by atoms with Crippen LogP contribution in [0.4, 0.5) is 36.1 Å². The quantitative estimate of drug-likeness (QED) is 0.588. The molecule has 10 heteroatoms. The first-order valence-electron chi connectivity index (χ1n) is 9.42. The molecule has 2 aliphatic rings. The van der Waals surface area contributed by atoms with Gasteiger partial charge in [-0.3, -0.25) is 10.1 Å². The van der Waals surface area contributed by atoms with Crippen LogP contribution in [0.1, 0.15) is 24.0 Å². The lowest BCUT2D eigenvalue weighted by molar-refractivity contribution is -0.384. The normalized spacial score (nSPS) is 17.0. The van der Waals surface area contributed by atoms with Gasteiger partial charge >= 0.3 is 6.18 Å². The number of anilines is 3. The van der Waals surface area contributed by atoms with Crippen LogP contribution in [-0.2, 0) is 12.6 Å². The number of nitro groups is 1. The van der Waals surface area contributed by atoms with Gasteiger partial charge in [-0.1, -0.05) is 0 Å². The average Bonchev–Trinajstić information content (AvgIpc) is 3.17. The Kier molecular flexibility index (Phi) is 4.93. The van der Waals surface area contributed by atoms with Crippen molar-refractivity contribution < 1.29 is 18.1 Å². The Bertz CT molecular complexity index is 909. The lowest BCUT2D eigenvalue weighted by Gasteiger charge is -2.34. The summed E-state index contributed by atoms with van der Waals surface area (Å²) in [6.45, 7) is 1.97. The van der Waals surface area contributed by atoms with Crippen molar-refractivity contribution in [1.82, 2.24) is 4.98 Å². The third kappa shape index (κ3) is 3.92. The predicted octanol–water partition coefficient (Wildman–Crippen LogP) is 4.06. The summed E-state index contributed by atoms with van der Waals surface area (Å²) in [7, 11) is 0. The Morgan fingerprint density at radius 3 is 2.59 bits per heavy atom. The zero-order valence-corrected chi connectivity index (χ0v) is 15.5. The van der Waals surface area contributed by atoms with E-state index in [2.05, 4.69) is 15.6 Å². The molecule has 1 aromatic heterocycles. The highest BCUT2D eigenvalue weighted by atomic mass is 19.4. The van der Waals surface area contributed by atoms with Gasteiger partial charge in [0.2, 0.25) is 0 Å². The molecule has 0 radical (unpaired) electrons. The van der Waals surface area contributed by atoms with Gasteiger partial charge in [-0.05, 0) is 37.5 Å². The number of alkyl halides is 3. The summed E-state index contributed by atoms with van der Waals surface area (Å²) < 4.78 is 38.1. The molecule has 0 atom stereocenters. The molecule has 2 aromatic rings. The van der Waals surface area contributed by atoms with Crippen molar-refractivity contribution >= 4 is 22.9 Å². The number of nitrogens with one attached hydrogen (secondary N) is 2. The molecule has 0 unspecified atom stereocenters. The minimum atomic E-state index is -4.40. The van der Waals surface area contributed by atoms with Gasteiger partial charge in [-0.2, -0.15) is 13.2 Å². The molecule has 0 amide bonds. The van der Waals surface area contributed by atoms with Crippen LogP contribution in [0, 0.1) is 10.1 Å². The first-order chi connectivity index (χ1) is 13.8. The van der Waals surface area contributed by atoms with Gasteiger partial charge in [0.05, 0.1) is 10.5 Å². The summed E-state index contributed by atoms with van der Waals surface area (Å²) >= 11 is 0. The van der Waals surface area contributed by atoms with E-state index in [1.807, 2.05) is 4.90 Å². The topological polar surface area (TPSA) is 83.3 Å². The fourth-order valence-corrected chi connectivity index (χ4v) is 3.89. The molecule has 0 saturated carbocycles. The minimum absolute atomic E-state index is 0.0477. The highest BCUT2D eigenvalue weighted by molar-refractivity contribution is 5.77. The van der Waals surface area contributed by atoms with E-state index < -0.39 is 11.7 Å². The number of nitro benzene ring substituents is 1. The smallest absolute Gasteiger partial charge is 0.384 e. The number of halogens is 3. The van der Waals surface area contributed by atoms with E-state index in [-0.39, 0.29) is 16.7 Å². The fourth-order valence-electron chi connectivity index (χ4n) is 3.89. The van der Waals surface area contributed by atoms with Crippen LogP contribution < -0.4 is 15.5 Å². The maximum atomic E-state index is 12.7. The van der Waals surface area contributed by atoms with Gasteiger partial charge in [0.1, 0.15) is 11.5 Å². The van der Waals surface area contributed by atoms with E-state index in [9.17, 15) is 23.3 Å². The van der Waals surface area contributed by atoms with E-state index in [4.69, 9.17) is 0 Å². The van der Waals surface area contributed by atoms with Crippen molar-refractivity contribution in [2.45, 2.75) is 31.5 Å². The molecule has 7 nitrogen and oxygen atoms in total. The SMILES string of the molecule is O=[N+]([O-])c1ccc2c(c1NC1CCN(c3ccc(C(F)(F)F)cn3)CC1)CCN2. The molecule has 0 bridgehead atoms. The summed E-state index contributed by atoms with van der Waals surface area (Å²) in [6, 6.07) is 5.73. The summed E-state index contributed by atoms with van der Waals surface area (Å²) in [5.74, 6) is 0.507. The molecule has 3 heterocycles. The van der Waals surface area contributed by atoms with Crippen molar-refractivity contribution in [1.29, 1.82) is 0 Å². The van der Waals surface area contributed by atoms with Gasteiger partial charge in [0.25, 0.3) is 5.69 Å². The maximum absolute atomic E-state index is 12.7. The number of aromatic nitrogens is 1. The average molecular weight is 407 g/mol. The van der Waals surface area contributed by atoms with E-state index >= 15 is 0 Å². The van der Waals surface area contributed by atoms with Crippen molar-refractivity contribution in [3.05, 3.63) is 51.7 Å². The van der Waals surface area contributed by atoms with Crippen LogP contribution in [-0.4, -0.2) is 35.6 Å². The van der Waals surface area contributed by atoms with E-state index in [1.54, 1.807) is 6.07 Å². The van der Waals surface area contributed by atoms with Gasteiger partial charge in [-0.15, -0.1) is 0 Å². The third-order valence-corrected chi connectivity index (χ3v) is 5.42. The van der Waals surface area contributed by atoms with Crippen LogP contribution in [0.5, 0.6) is 0 Å². The molecule has 1 aromatic carbocycles. The number of piperidine rings is 1. The van der Waals surface area contributed by atoms with Crippen molar-refractivity contribution in [3.8, 4) is 0 Å². The van der Waals surface area contributed by atoms with Crippen LogP contribution in [0.2, 0.25) is 0 Å². The zero-order chi connectivity index (χ0) is 20.6. The Morgan fingerprint density at radius 1 is 1.21 bits per heavy atom. The summed E-state index contributed by atoms with van der Waals surface area (Å²) in [5.41, 5.74) is 1.73. The number of fused-ring (bicyclic) bond motifs is 1. The third-order valence-electron chi connectivity index (χ3n) is 5.42. The summed E-state index contributed by atoms with van der Waals surface area (Å²) in [6.07, 6.45) is -1.41. The van der Waals surface area contributed by atoms with Crippen LogP contribution in [0.25, 0.3) is 0 Å². The molecule has 154 valence electrons. The van der Waals surface area contributed by atoms with Crippen LogP contribution in [0.3, 0.4) is 0 Å². The number of rotatable bonds is 4. The van der Waals surface area contributed by atoms with Gasteiger partial charge < -0.3 is 15.5 Å². The largest absolute Gasteiger partial charge is 0.417 e. The Morgan fingerprint density at radius 2 is 1.97 bits per heavy atom. The Hall–Kier alpha value is -3.04. The van der Waals surface area contributed by atoms with E-state index in [0.29, 0.717) is 37.4 Å². The zero-order valence-electron chi connectivity index (χ0n) is 15.5. The maximum Gasteiger partial charge on any atom is 0.417 e. The molecular formula is C19H20F3N5O2. The second-order valence-electron chi connectivity index (χ2n) is 7.23. The molecule has 2 N–H and O–H groups in total. The fraction of sp³-hybridized carbons (Fsp3) is 0.421. The Labute approximate surface area is 165 Å². The summed E-state index contributed by atoms with van der Waals surface area (Å²) in [5, 5.41) is 18.0. The van der Waals surface area contributed by atoms with E-state index in [1.165, 1.54) is 12.1 Å². The summed E-state index contributed by atoms with van der Waals surface area (Å²) in [4.78, 5) is 17.0. The van der Waals surface area contributed by atoms with Crippen LogP contribution >= 0.6 is 0 Å². The highest BCUT2D eigenvalue weighted by Crippen LogP contribution is 2.38. The second kappa shape index (κ2) is 7.41. The first kappa shape index (κ1) is 19.3. The van der Waals surface area contributed by atoms with Crippen molar-refractivity contribution in [3.63, 3.8) is 0 Å². The monoisotopic (exact) mass is 407 g/mol. The number of hydrogen-bond donors (Lipinski definition) is 2. The molecule has 1 fully saturated rings. The van der Waals surface area contributed by atoms with E-state index in [0.717, 1.165) is 36.5 Å². The first-order valence-corrected chi connectivity index (χ1v) is 9.42.